The number of alkyl halides is 1. The molecule has 172 valence electrons. The molecule has 1 atom stereocenters. The molecule has 0 saturated carbocycles. The summed E-state index contributed by atoms with van der Waals surface area (Å²) in [6.45, 7) is 23.8. The topological polar surface area (TPSA) is 44.8 Å². The largest absolute Gasteiger partial charge is 0.466 e. The van der Waals surface area contributed by atoms with E-state index in [1.54, 1.807) is 13.0 Å². The quantitative estimate of drug-likeness (QED) is 0.202. The van der Waals surface area contributed by atoms with Crippen molar-refractivity contribution in [3.05, 3.63) is 12.2 Å². The molecular weight excluding hydrogens is 403 g/mol. The summed E-state index contributed by atoms with van der Waals surface area (Å²) in [7, 11) is -4.00. The zero-order valence-corrected chi connectivity index (χ0v) is 22.7. The highest BCUT2D eigenvalue weighted by Gasteiger charge is 2.40. The minimum absolute atomic E-state index is 0.00971. The lowest BCUT2D eigenvalue weighted by Crippen LogP contribution is -2.44. The van der Waals surface area contributed by atoms with Gasteiger partial charge in [0.15, 0.2) is 22.3 Å². The minimum Gasteiger partial charge on any atom is -0.466 e. The highest BCUT2D eigenvalue weighted by molar-refractivity contribution is 6.74. The van der Waals surface area contributed by atoms with Gasteiger partial charge in [0, 0.05) is 6.42 Å². The van der Waals surface area contributed by atoms with Crippen LogP contribution in [0.25, 0.3) is 0 Å². The van der Waals surface area contributed by atoms with Crippen LogP contribution in [0, 0.1) is 0 Å². The monoisotopic (exact) mass is 448 g/mol. The van der Waals surface area contributed by atoms with Crippen LogP contribution in [0.3, 0.4) is 0 Å². The highest BCUT2D eigenvalue weighted by Crippen LogP contribution is 2.38. The predicted molar refractivity (Wildman–Crippen MR) is 125 cm³/mol. The normalized spacial score (nSPS) is 16.1. The zero-order valence-electron chi connectivity index (χ0n) is 20.7. The Kier molecular flexibility index (Phi) is 10.5. The maximum Gasteiger partial charge on any atom is 0.305 e. The molecule has 0 aromatic carbocycles. The van der Waals surface area contributed by atoms with E-state index in [1.807, 2.05) is 0 Å². The fraction of sp³-hybridized carbons (Fsp3) is 0.864. The maximum atomic E-state index is 15.7. The van der Waals surface area contributed by atoms with Gasteiger partial charge in [-0.2, -0.15) is 0 Å². The Hall–Kier alpha value is -0.506. The summed E-state index contributed by atoms with van der Waals surface area (Å²) in [6, 6.07) is 0. The second-order valence-corrected chi connectivity index (χ2v) is 20.5. The van der Waals surface area contributed by atoms with E-state index in [0.29, 0.717) is 13.2 Å². The average Bonchev–Trinajstić information content (AvgIpc) is 2.54. The molecule has 0 aliphatic heterocycles. The standard InChI is InChI=1S/C22H45FO4Si2/c1-12-25-19(24)14-16-22(23,18-27-29(10,11)21(5,6)7)15-13-17-26-28(8,9)20(2,3)4/h13,15H,12,14,16-18H2,1-11H3/b15-13+. The summed E-state index contributed by atoms with van der Waals surface area (Å²) in [5, 5.41) is 0.0905. The fourth-order valence-electron chi connectivity index (χ4n) is 2.00. The predicted octanol–water partition coefficient (Wildman–Crippen LogP) is 6.64. The van der Waals surface area contributed by atoms with Crippen molar-refractivity contribution in [1.29, 1.82) is 0 Å². The zero-order chi connectivity index (χ0) is 23.1. The van der Waals surface area contributed by atoms with Crippen LogP contribution >= 0.6 is 0 Å². The van der Waals surface area contributed by atoms with E-state index in [-0.39, 0.29) is 35.5 Å². The van der Waals surface area contributed by atoms with Crippen LogP contribution < -0.4 is 0 Å². The Balaban J connectivity index is 5.20. The van der Waals surface area contributed by atoms with Crippen LogP contribution in [0.15, 0.2) is 12.2 Å². The first kappa shape index (κ1) is 28.5. The molecule has 0 aliphatic carbocycles. The molecule has 0 amide bonds. The molecule has 0 rings (SSSR count). The Morgan fingerprint density at radius 3 is 1.86 bits per heavy atom. The Morgan fingerprint density at radius 1 is 0.931 bits per heavy atom. The summed E-state index contributed by atoms with van der Waals surface area (Å²) in [5.41, 5.74) is -1.72. The van der Waals surface area contributed by atoms with Crippen LogP contribution in [-0.2, 0) is 18.4 Å². The smallest absolute Gasteiger partial charge is 0.305 e. The third-order valence-electron chi connectivity index (χ3n) is 6.29. The summed E-state index contributed by atoms with van der Waals surface area (Å²) in [4.78, 5) is 11.8. The molecule has 0 aromatic rings. The van der Waals surface area contributed by atoms with Crippen LogP contribution in [0.4, 0.5) is 4.39 Å². The van der Waals surface area contributed by atoms with Crippen molar-refractivity contribution in [3.63, 3.8) is 0 Å². The van der Waals surface area contributed by atoms with Gasteiger partial charge in [-0.15, -0.1) is 0 Å². The molecule has 0 radical (unpaired) electrons. The number of carbonyl (C=O) groups excluding carboxylic acids is 1. The molecule has 1 unspecified atom stereocenters. The van der Waals surface area contributed by atoms with E-state index in [2.05, 4.69) is 67.7 Å². The minimum atomic E-state index is -2.10. The maximum absolute atomic E-state index is 15.7. The van der Waals surface area contributed by atoms with Crippen molar-refractivity contribution in [2.75, 3.05) is 19.8 Å². The number of rotatable bonds is 11. The molecule has 0 saturated heterocycles. The summed E-state index contributed by atoms with van der Waals surface area (Å²) < 4.78 is 32.9. The number of halogens is 1. The fourth-order valence-corrected chi connectivity index (χ4v) is 3.98. The van der Waals surface area contributed by atoms with Gasteiger partial charge in [0.1, 0.15) is 0 Å². The average molecular weight is 449 g/mol. The van der Waals surface area contributed by atoms with Gasteiger partial charge in [-0.25, -0.2) is 4.39 Å². The Morgan fingerprint density at radius 2 is 1.41 bits per heavy atom. The second-order valence-electron chi connectivity index (χ2n) is 10.9. The molecule has 0 N–H and O–H groups in total. The van der Waals surface area contributed by atoms with Gasteiger partial charge in [-0.1, -0.05) is 47.6 Å². The van der Waals surface area contributed by atoms with Crippen LogP contribution in [0.2, 0.25) is 36.3 Å². The lowest BCUT2D eigenvalue weighted by Gasteiger charge is -2.38. The lowest BCUT2D eigenvalue weighted by molar-refractivity contribution is -0.143. The number of hydrogen-bond acceptors (Lipinski definition) is 4. The van der Waals surface area contributed by atoms with Gasteiger partial charge >= 0.3 is 5.97 Å². The van der Waals surface area contributed by atoms with Gasteiger partial charge in [-0.3, -0.25) is 4.79 Å². The molecule has 29 heavy (non-hydrogen) atoms. The molecule has 0 aliphatic rings. The van der Waals surface area contributed by atoms with Crippen molar-refractivity contribution < 1.29 is 22.8 Å². The van der Waals surface area contributed by atoms with Crippen molar-refractivity contribution in [3.8, 4) is 0 Å². The molecule has 0 heterocycles. The molecule has 7 heteroatoms. The van der Waals surface area contributed by atoms with E-state index >= 15 is 4.39 Å². The van der Waals surface area contributed by atoms with E-state index < -0.39 is 22.3 Å². The van der Waals surface area contributed by atoms with Crippen molar-refractivity contribution >= 4 is 22.6 Å². The third kappa shape index (κ3) is 9.90. The first-order chi connectivity index (χ1) is 12.9. The van der Waals surface area contributed by atoms with Crippen molar-refractivity contribution in [2.45, 2.75) is 103 Å². The van der Waals surface area contributed by atoms with Crippen molar-refractivity contribution in [2.24, 2.45) is 0 Å². The summed E-state index contributed by atoms with van der Waals surface area (Å²) in [5.74, 6) is -0.382. The first-order valence-electron chi connectivity index (χ1n) is 10.7. The van der Waals surface area contributed by atoms with E-state index in [1.165, 1.54) is 6.08 Å². The third-order valence-corrected chi connectivity index (χ3v) is 15.3. The van der Waals surface area contributed by atoms with Crippen molar-refractivity contribution in [1.82, 2.24) is 0 Å². The summed E-state index contributed by atoms with van der Waals surface area (Å²) in [6.07, 6.45) is 3.32. The van der Waals surface area contributed by atoms with Gasteiger partial charge in [0.25, 0.3) is 0 Å². The molecule has 0 aromatic heterocycles. The summed E-state index contributed by atoms with van der Waals surface area (Å²) >= 11 is 0. The Labute approximate surface area is 180 Å². The van der Waals surface area contributed by atoms with Gasteiger partial charge in [0.05, 0.1) is 19.8 Å². The van der Waals surface area contributed by atoms with Crippen LogP contribution in [0.1, 0.15) is 61.3 Å². The molecule has 0 bridgehead atoms. The van der Waals surface area contributed by atoms with Gasteiger partial charge in [-0.05, 0) is 55.7 Å². The van der Waals surface area contributed by atoms with Gasteiger partial charge < -0.3 is 13.6 Å². The second kappa shape index (κ2) is 10.7. The SMILES string of the molecule is CCOC(=O)CCC(F)(/C=C/CO[Si](C)(C)C(C)(C)C)CO[Si](C)(C)C(C)(C)C. The first-order valence-corrected chi connectivity index (χ1v) is 16.5. The highest BCUT2D eigenvalue weighted by atomic mass is 28.4. The number of esters is 1. The molecule has 0 spiro atoms. The molecule has 4 nitrogen and oxygen atoms in total. The lowest BCUT2D eigenvalue weighted by atomic mass is 10.0. The number of hydrogen-bond donors (Lipinski definition) is 0. The number of ether oxygens (including phenoxy) is 1. The van der Waals surface area contributed by atoms with Crippen LogP contribution in [0.5, 0.6) is 0 Å². The number of carbonyl (C=O) groups is 1. The van der Waals surface area contributed by atoms with Gasteiger partial charge in [0.2, 0.25) is 0 Å². The molecular formula is C22H45FO4Si2. The van der Waals surface area contributed by atoms with E-state index in [9.17, 15) is 4.79 Å². The van der Waals surface area contributed by atoms with E-state index in [0.717, 1.165) is 0 Å². The molecule has 0 fully saturated rings. The van der Waals surface area contributed by atoms with Crippen LogP contribution in [-0.4, -0.2) is 48.1 Å². The van der Waals surface area contributed by atoms with E-state index in [4.69, 9.17) is 13.6 Å². The Bertz CT molecular complexity index is 548.